The fourth-order valence-corrected chi connectivity index (χ4v) is 4.01. The molecule has 2 rings (SSSR count). The molecule has 2 aromatic carbocycles. The average Bonchev–Trinajstić information content (AvgIpc) is 2.59. The lowest BCUT2D eigenvalue weighted by Gasteiger charge is -2.12. The molecule has 0 radical (unpaired) electrons. The molecule has 0 aliphatic carbocycles. The normalized spacial score (nSPS) is 13.8. The third-order valence-corrected chi connectivity index (χ3v) is 5.80. The van der Waals surface area contributed by atoms with Gasteiger partial charge in [-0.25, -0.2) is 0 Å². The molecule has 0 fully saturated rings. The fourth-order valence-electron chi connectivity index (χ4n) is 2.66. The Balaban J connectivity index is 2.36. The van der Waals surface area contributed by atoms with E-state index in [-0.39, 0.29) is 24.5 Å². The minimum Gasteiger partial charge on any atom is -0.377 e. The molecule has 0 amide bonds. The van der Waals surface area contributed by atoms with E-state index in [4.69, 9.17) is 9.52 Å². The van der Waals surface area contributed by atoms with Crippen molar-refractivity contribution in [3.63, 3.8) is 0 Å². The van der Waals surface area contributed by atoms with Gasteiger partial charge in [0.15, 0.2) is 4.90 Å². The van der Waals surface area contributed by atoms with Crippen LogP contribution in [0, 0.1) is 14.9 Å². The third-order valence-electron chi connectivity index (χ3n) is 3.85. The minimum atomic E-state index is -4.78. The first-order chi connectivity index (χ1) is 13.0. The van der Waals surface area contributed by atoms with E-state index in [0.717, 1.165) is 6.07 Å². The zero-order valence-corrected chi connectivity index (χ0v) is 16.7. The van der Waals surface area contributed by atoms with Crippen molar-refractivity contribution in [3.8, 4) is 11.1 Å². The van der Waals surface area contributed by atoms with E-state index in [2.05, 4.69) is 0 Å². The number of nitrogens with zero attached hydrogens (tertiary/aromatic N) is 1. The minimum absolute atomic E-state index is 0.0436. The van der Waals surface area contributed by atoms with Crippen molar-refractivity contribution in [2.75, 3.05) is 18.6 Å². The van der Waals surface area contributed by atoms with Crippen LogP contribution in [0.4, 0.5) is 5.69 Å². The second-order valence-electron chi connectivity index (χ2n) is 6.16. The largest absolute Gasteiger partial charge is 0.377 e. The van der Waals surface area contributed by atoms with E-state index < -0.39 is 35.4 Å². The van der Waals surface area contributed by atoms with Crippen molar-refractivity contribution in [2.24, 2.45) is 0 Å². The van der Waals surface area contributed by atoms with E-state index in [0.29, 0.717) is 17.5 Å². The second kappa shape index (κ2) is 8.78. The smallest absolute Gasteiger partial charge is 0.301 e. The monoisotopic (exact) mass is 428 g/mol. The predicted octanol–water partition coefficient (Wildman–Crippen LogP) is 3.09. The summed E-state index contributed by atoms with van der Waals surface area (Å²) < 4.78 is 56.6. The number of hydrogen-bond donors (Lipinski definition) is 2. The Labute approximate surface area is 163 Å². The molecule has 0 saturated heterocycles. The van der Waals surface area contributed by atoms with Crippen molar-refractivity contribution >= 4 is 25.5 Å². The Hall–Kier alpha value is -2.34. The van der Waals surface area contributed by atoms with Gasteiger partial charge in [0.05, 0.1) is 17.1 Å². The first-order valence-corrected chi connectivity index (χ1v) is 11.7. The van der Waals surface area contributed by atoms with Crippen LogP contribution in [0.25, 0.3) is 11.1 Å². The molecule has 28 heavy (non-hydrogen) atoms. The Bertz CT molecular complexity index is 1080. The number of nitro benzene ring substituents is 1. The first-order valence-electron chi connectivity index (χ1n) is 8.13. The molecule has 1 atom stereocenters. The Morgan fingerprint density at radius 2 is 1.75 bits per heavy atom. The molecule has 1 unspecified atom stereocenters. The Morgan fingerprint density at radius 1 is 1.11 bits per heavy atom. The number of rotatable bonds is 9. The molecule has 0 aromatic heterocycles. The maximum atomic E-state index is 11.5. The van der Waals surface area contributed by atoms with E-state index in [1.54, 1.807) is 24.3 Å². The lowest BCUT2D eigenvalue weighted by Crippen LogP contribution is -2.07. The number of para-hydroxylation sites is 1. The zero-order valence-electron chi connectivity index (χ0n) is 15.0. The maximum Gasteiger partial charge on any atom is 0.301 e. The lowest BCUT2D eigenvalue weighted by atomic mass is 9.98. The molecular weight excluding hydrogens is 408 g/mol. The summed E-state index contributed by atoms with van der Waals surface area (Å²) in [5, 5.41) is 11.5. The van der Waals surface area contributed by atoms with Gasteiger partial charge in [0.25, 0.3) is 5.69 Å². The van der Waals surface area contributed by atoms with Crippen molar-refractivity contribution < 1.29 is 26.8 Å². The molecule has 11 heteroatoms. The first kappa shape index (κ1) is 22.0. The number of benzene rings is 2. The van der Waals surface area contributed by atoms with Crippen LogP contribution in [0.5, 0.6) is 0 Å². The van der Waals surface area contributed by atoms with Gasteiger partial charge < -0.3 is 4.74 Å². The molecule has 2 aromatic rings. The van der Waals surface area contributed by atoms with E-state index in [1.807, 2.05) is 0 Å². The van der Waals surface area contributed by atoms with Crippen LogP contribution >= 0.6 is 0 Å². The number of hydrogen-bond acceptors (Lipinski definition) is 7. The summed E-state index contributed by atoms with van der Waals surface area (Å²) in [6.45, 7) is 0.345. The van der Waals surface area contributed by atoms with Crippen LogP contribution in [-0.4, -0.2) is 40.7 Å². The van der Waals surface area contributed by atoms with E-state index in [9.17, 15) is 27.3 Å². The van der Waals surface area contributed by atoms with Gasteiger partial charge in [-0.1, -0.05) is 30.3 Å². The molecule has 0 heterocycles. The fraction of sp³-hybridized carbons (Fsp3) is 0.294. The third kappa shape index (κ3) is 5.83. The SMILES string of the molecule is CS(=N)(=O)CCCOCc1ccccc1-c1cccc(S(=O)(=O)O)c1[N+](=O)[O-]. The standard InChI is InChI=1S/C17H20N2O7S2/c1-27(18,22)11-5-10-26-12-13-6-2-3-7-14(13)15-8-4-9-16(28(23,24)25)17(15)19(20)21/h2-4,6-9,18H,5,10-12H2,1H3,(H,23,24,25). The lowest BCUT2D eigenvalue weighted by molar-refractivity contribution is -0.387. The quantitative estimate of drug-likeness (QED) is 0.270. The van der Waals surface area contributed by atoms with Crippen molar-refractivity contribution in [3.05, 3.63) is 58.1 Å². The molecule has 0 saturated carbocycles. The summed E-state index contributed by atoms with van der Waals surface area (Å²) in [6, 6.07) is 10.3. The van der Waals surface area contributed by atoms with Crippen LogP contribution < -0.4 is 0 Å². The topological polar surface area (TPSA) is 148 Å². The highest BCUT2D eigenvalue weighted by Crippen LogP contribution is 2.37. The molecule has 0 bridgehead atoms. The summed E-state index contributed by atoms with van der Waals surface area (Å²) in [5.41, 5.74) is 0.320. The number of nitro groups is 1. The Morgan fingerprint density at radius 3 is 2.36 bits per heavy atom. The molecule has 0 aliphatic rings. The van der Waals surface area contributed by atoms with Gasteiger partial charge in [-0.05, 0) is 29.7 Å². The highest BCUT2D eigenvalue weighted by molar-refractivity contribution is 7.91. The summed E-state index contributed by atoms with van der Waals surface area (Å²) in [7, 11) is -7.37. The molecular formula is C17H20N2O7S2. The Kier molecular flexibility index (Phi) is 6.88. The van der Waals surface area contributed by atoms with Gasteiger partial charge in [0.1, 0.15) is 0 Å². The average molecular weight is 428 g/mol. The molecule has 0 spiro atoms. The predicted molar refractivity (Wildman–Crippen MR) is 104 cm³/mol. The van der Waals surface area contributed by atoms with E-state index in [1.165, 1.54) is 18.4 Å². The molecule has 2 N–H and O–H groups in total. The van der Waals surface area contributed by atoms with Gasteiger partial charge >= 0.3 is 10.1 Å². The maximum absolute atomic E-state index is 11.5. The van der Waals surface area contributed by atoms with Gasteiger partial charge in [0, 0.05) is 28.3 Å². The number of ether oxygens (including phenoxy) is 1. The van der Waals surface area contributed by atoms with Crippen molar-refractivity contribution in [1.82, 2.24) is 0 Å². The number of nitrogens with one attached hydrogen (secondary N) is 1. The van der Waals surface area contributed by atoms with Gasteiger partial charge in [-0.15, -0.1) is 0 Å². The summed E-state index contributed by atoms with van der Waals surface area (Å²) >= 11 is 0. The van der Waals surface area contributed by atoms with Gasteiger partial charge in [0.2, 0.25) is 0 Å². The van der Waals surface area contributed by atoms with E-state index >= 15 is 0 Å². The summed E-state index contributed by atoms with van der Waals surface area (Å²) in [6.07, 6.45) is 1.78. The summed E-state index contributed by atoms with van der Waals surface area (Å²) in [4.78, 5) is 9.90. The zero-order chi connectivity index (χ0) is 20.9. The molecule has 9 nitrogen and oxygen atoms in total. The second-order valence-corrected chi connectivity index (χ2v) is 9.97. The molecule has 0 aliphatic heterocycles. The van der Waals surface area contributed by atoms with Gasteiger partial charge in [-0.3, -0.25) is 23.7 Å². The molecule has 152 valence electrons. The van der Waals surface area contributed by atoms with Crippen molar-refractivity contribution in [1.29, 1.82) is 4.78 Å². The van der Waals surface area contributed by atoms with Crippen LogP contribution in [0.2, 0.25) is 0 Å². The summed E-state index contributed by atoms with van der Waals surface area (Å²) in [5.74, 6) is 0.205. The van der Waals surface area contributed by atoms with Crippen LogP contribution in [0.15, 0.2) is 47.4 Å². The van der Waals surface area contributed by atoms with Crippen LogP contribution in [0.3, 0.4) is 0 Å². The van der Waals surface area contributed by atoms with Gasteiger partial charge in [-0.2, -0.15) is 8.42 Å². The highest BCUT2D eigenvalue weighted by atomic mass is 32.2. The van der Waals surface area contributed by atoms with Crippen molar-refractivity contribution in [2.45, 2.75) is 17.9 Å². The highest BCUT2D eigenvalue weighted by Gasteiger charge is 2.28. The van der Waals surface area contributed by atoms with Crippen LogP contribution in [-0.2, 0) is 31.2 Å². The van der Waals surface area contributed by atoms with Crippen LogP contribution in [0.1, 0.15) is 12.0 Å².